The molecule has 1 atom stereocenters. The number of rotatable bonds is 7. The second-order valence-corrected chi connectivity index (χ2v) is 4.28. The lowest BCUT2D eigenvalue weighted by Gasteiger charge is -2.14. The number of hydrogen-bond donors (Lipinski definition) is 3. The molecule has 0 saturated heterocycles. The van der Waals surface area contributed by atoms with Crippen molar-refractivity contribution in [2.75, 3.05) is 6.54 Å². The molecule has 0 aliphatic rings. The van der Waals surface area contributed by atoms with E-state index in [1.807, 2.05) is 13.8 Å². The number of carbonyl (C=O) groups is 3. The van der Waals surface area contributed by atoms with Crippen molar-refractivity contribution in [1.29, 1.82) is 0 Å². The van der Waals surface area contributed by atoms with E-state index < -0.39 is 18.5 Å². The number of ketones is 1. The van der Waals surface area contributed by atoms with Crippen LogP contribution in [0, 0.1) is 5.92 Å². The number of amides is 2. The van der Waals surface area contributed by atoms with Crippen LogP contribution < -0.4 is 10.6 Å². The summed E-state index contributed by atoms with van der Waals surface area (Å²) >= 11 is 0. The van der Waals surface area contributed by atoms with Crippen molar-refractivity contribution >= 4 is 17.8 Å². The molecule has 6 heteroatoms. The zero-order valence-electron chi connectivity index (χ0n) is 10.4. The molecule has 0 saturated carbocycles. The summed E-state index contributed by atoms with van der Waals surface area (Å²) in [7, 11) is 0. The van der Waals surface area contributed by atoms with E-state index in [0.29, 0.717) is 12.8 Å². The minimum Gasteiger partial charge on any atom is -0.480 e. The second-order valence-electron chi connectivity index (χ2n) is 4.28. The number of aliphatic carboxylic acids is 1. The van der Waals surface area contributed by atoms with Gasteiger partial charge in [0.25, 0.3) is 0 Å². The Morgan fingerprint density at radius 1 is 1.18 bits per heavy atom. The summed E-state index contributed by atoms with van der Waals surface area (Å²) in [6, 6.07) is -0.691. The quantitative estimate of drug-likeness (QED) is 0.616. The summed E-state index contributed by atoms with van der Waals surface area (Å²) in [5.41, 5.74) is 0. The maximum absolute atomic E-state index is 11.3. The highest BCUT2D eigenvalue weighted by atomic mass is 16.4. The average molecular weight is 244 g/mol. The minimum absolute atomic E-state index is 0.00281. The molecule has 2 amide bonds. The predicted octanol–water partition coefficient (Wildman–Crippen LogP) is 0.764. The van der Waals surface area contributed by atoms with Crippen LogP contribution in [0.25, 0.3) is 0 Å². The first kappa shape index (κ1) is 15.4. The van der Waals surface area contributed by atoms with E-state index in [2.05, 4.69) is 10.6 Å². The van der Waals surface area contributed by atoms with Crippen LogP contribution in [0.4, 0.5) is 4.79 Å². The fraction of sp³-hybridized carbons (Fsp3) is 0.727. The summed E-state index contributed by atoms with van der Waals surface area (Å²) in [6.45, 7) is 5.03. The van der Waals surface area contributed by atoms with Crippen LogP contribution in [0.5, 0.6) is 0 Å². The SMILES string of the molecule is CC(CCC(=O)C(C)C)NC(=O)NCC(=O)O. The van der Waals surface area contributed by atoms with Gasteiger partial charge in [0, 0.05) is 18.4 Å². The van der Waals surface area contributed by atoms with Crippen LogP contribution in [0.1, 0.15) is 33.6 Å². The Kier molecular flexibility index (Phi) is 6.93. The Balaban J connectivity index is 3.78. The highest BCUT2D eigenvalue weighted by molar-refractivity contribution is 5.81. The Bertz CT molecular complexity index is 289. The van der Waals surface area contributed by atoms with Crippen molar-refractivity contribution in [2.24, 2.45) is 5.92 Å². The Labute approximate surface area is 101 Å². The van der Waals surface area contributed by atoms with Gasteiger partial charge in [0.1, 0.15) is 12.3 Å². The van der Waals surface area contributed by atoms with E-state index in [-0.39, 0.29) is 17.7 Å². The summed E-state index contributed by atoms with van der Waals surface area (Å²) in [5, 5.41) is 13.1. The van der Waals surface area contributed by atoms with Gasteiger partial charge in [-0.25, -0.2) is 4.79 Å². The molecule has 0 rings (SSSR count). The molecule has 0 aliphatic heterocycles. The summed E-state index contributed by atoms with van der Waals surface area (Å²) in [6.07, 6.45) is 0.968. The molecule has 0 aromatic heterocycles. The highest BCUT2D eigenvalue weighted by Crippen LogP contribution is 2.04. The van der Waals surface area contributed by atoms with Crippen LogP contribution in [0.15, 0.2) is 0 Å². The van der Waals surface area contributed by atoms with Crippen LogP contribution in [0.2, 0.25) is 0 Å². The first-order chi connectivity index (χ1) is 7.82. The number of carboxylic acid groups (broad SMARTS) is 1. The fourth-order valence-corrected chi connectivity index (χ4v) is 1.15. The number of nitrogens with one attached hydrogen (secondary N) is 2. The molecule has 3 N–H and O–H groups in total. The number of carbonyl (C=O) groups excluding carboxylic acids is 2. The molecule has 98 valence electrons. The number of Topliss-reactive ketones (excluding diaryl/α,β-unsaturated/α-hetero) is 1. The normalized spacial score (nSPS) is 12.0. The lowest BCUT2D eigenvalue weighted by molar-refractivity contribution is -0.135. The first-order valence-corrected chi connectivity index (χ1v) is 5.61. The predicted molar refractivity (Wildman–Crippen MR) is 62.7 cm³/mol. The van der Waals surface area contributed by atoms with Gasteiger partial charge in [0.2, 0.25) is 0 Å². The smallest absolute Gasteiger partial charge is 0.323 e. The van der Waals surface area contributed by atoms with Gasteiger partial charge >= 0.3 is 12.0 Å². The summed E-state index contributed by atoms with van der Waals surface area (Å²) in [4.78, 5) is 32.7. The van der Waals surface area contributed by atoms with Crippen molar-refractivity contribution in [1.82, 2.24) is 10.6 Å². The van der Waals surface area contributed by atoms with Crippen LogP contribution in [0.3, 0.4) is 0 Å². The van der Waals surface area contributed by atoms with Gasteiger partial charge < -0.3 is 15.7 Å². The molecule has 0 bridgehead atoms. The monoisotopic (exact) mass is 244 g/mol. The zero-order valence-corrected chi connectivity index (χ0v) is 10.4. The fourth-order valence-electron chi connectivity index (χ4n) is 1.15. The lowest BCUT2D eigenvalue weighted by Crippen LogP contribution is -2.42. The molecule has 0 aliphatic carbocycles. The van der Waals surface area contributed by atoms with Crippen molar-refractivity contribution in [3.8, 4) is 0 Å². The van der Waals surface area contributed by atoms with E-state index in [9.17, 15) is 14.4 Å². The third kappa shape index (κ3) is 8.24. The van der Waals surface area contributed by atoms with Gasteiger partial charge in [-0.05, 0) is 13.3 Å². The molecule has 0 aromatic rings. The molecule has 0 spiro atoms. The zero-order chi connectivity index (χ0) is 13.4. The molecule has 0 fully saturated rings. The molecule has 0 radical (unpaired) electrons. The van der Waals surface area contributed by atoms with Gasteiger partial charge in [0.15, 0.2) is 0 Å². The standard InChI is InChI=1S/C11H20N2O4/c1-7(2)9(14)5-4-8(3)13-11(17)12-6-10(15)16/h7-8H,4-6H2,1-3H3,(H,15,16)(H2,12,13,17). The third-order valence-electron chi connectivity index (χ3n) is 2.25. The van der Waals surface area contributed by atoms with Gasteiger partial charge in [-0.2, -0.15) is 0 Å². The molecule has 0 heterocycles. The summed E-state index contributed by atoms with van der Waals surface area (Å²) < 4.78 is 0. The molecular weight excluding hydrogens is 224 g/mol. The number of hydrogen-bond acceptors (Lipinski definition) is 3. The Morgan fingerprint density at radius 3 is 2.24 bits per heavy atom. The van der Waals surface area contributed by atoms with Crippen LogP contribution >= 0.6 is 0 Å². The van der Waals surface area contributed by atoms with Gasteiger partial charge in [-0.3, -0.25) is 9.59 Å². The van der Waals surface area contributed by atoms with Crippen LogP contribution in [-0.2, 0) is 9.59 Å². The van der Waals surface area contributed by atoms with Crippen molar-refractivity contribution < 1.29 is 19.5 Å². The number of urea groups is 1. The average Bonchev–Trinajstić information content (AvgIpc) is 2.22. The largest absolute Gasteiger partial charge is 0.480 e. The van der Waals surface area contributed by atoms with E-state index >= 15 is 0 Å². The molecule has 17 heavy (non-hydrogen) atoms. The Hall–Kier alpha value is -1.59. The first-order valence-electron chi connectivity index (χ1n) is 5.61. The second kappa shape index (κ2) is 7.65. The third-order valence-corrected chi connectivity index (χ3v) is 2.25. The van der Waals surface area contributed by atoms with Crippen molar-refractivity contribution in [3.63, 3.8) is 0 Å². The van der Waals surface area contributed by atoms with E-state index in [1.54, 1.807) is 6.92 Å². The maximum Gasteiger partial charge on any atom is 0.323 e. The minimum atomic E-state index is -1.09. The molecule has 6 nitrogen and oxygen atoms in total. The lowest BCUT2D eigenvalue weighted by atomic mass is 10.0. The highest BCUT2D eigenvalue weighted by Gasteiger charge is 2.12. The van der Waals surface area contributed by atoms with Crippen LogP contribution in [-0.4, -0.2) is 35.5 Å². The van der Waals surface area contributed by atoms with E-state index in [0.717, 1.165) is 0 Å². The molecular formula is C11H20N2O4. The van der Waals surface area contributed by atoms with E-state index in [1.165, 1.54) is 0 Å². The van der Waals surface area contributed by atoms with E-state index in [4.69, 9.17) is 5.11 Å². The molecule has 0 aromatic carbocycles. The van der Waals surface area contributed by atoms with Crippen molar-refractivity contribution in [2.45, 2.75) is 39.7 Å². The van der Waals surface area contributed by atoms with Gasteiger partial charge in [-0.1, -0.05) is 13.8 Å². The topological polar surface area (TPSA) is 95.5 Å². The number of carboxylic acids is 1. The van der Waals surface area contributed by atoms with Gasteiger partial charge in [-0.15, -0.1) is 0 Å². The summed E-state index contributed by atoms with van der Waals surface area (Å²) in [5.74, 6) is -0.935. The van der Waals surface area contributed by atoms with Gasteiger partial charge in [0.05, 0.1) is 0 Å². The maximum atomic E-state index is 11.3. The van der Waals surface area contributed by atoms with Crippen molar-refractivity contribution in [3.05, 3.63) is 0 Å². The Morgan fingerprint density at radius 2 is 1.76 bits per heavy atom. The molecule has 1 unspecified atom stereocenters.